The molecule has 2 heterocycles. The summed E-state index contributed by atoms with van der Waals surface area (Å²) < 4.78 is 5.42. The minimum atomic E-state index is -1.05. The molecule has 1 N–H and O–H groups in total. The molecule has 0 bridgehead atoms. The Labute approximate surface area is 204 Å². The first kappa shape index (κ1) is 24.0. The van der Waals surface area contributed by atoms with Crippen molar-refractivity contribution in [3.8, 4) is 0 Å². The zero-order valence-corrected chi connectivity index (χ0v) is 19.8. The van der Waals surface area contributed by atoms with Crippen molar-refractivity contribution in [1.29, 1.82) is 0 Å². The highest BCUT2D eigenvalue weighted by Gasteiger charge is 2.61. The number of fused-ring (bicyclic) bond motifs is 1. The van der Waals surface area contributed by atoms with E-state index in [1.807, 2.05) is 30.3 Å². The molecule has 2 amide bonds. The molecule has 2 fully saturated rings. The third-order valence-electron chi connectivity index (χ3n) is 5.74. The van der Waals surface area contributed by atoms with Gasteiger partial charge in [0.2, 0.25) is 11.8 Å². The molecule has 4 atom stereocenters. The number of β-lactam (4-membered cyclic amide) rings is 1. The average Bonchev–Trinajstić information content (AvgIpc) is 2.81. The number of halogens is 1. The number of rotatable bonds is 7. The molecule has 4 rings (SSSR count). The Hall–Kier alpha value is -3.11. The molecule has 34 heavy (non-hydrogen) atoms. The van der Waals surface area contributed by atoms with Gasteiger partial charge in [0, 0.05) is 17.9 Å². The number of nitrogens with zero attached hydrogens (tertiary/aromatic N) is 2. The predicted molar refractivity (Wildman–Crippen MR) is 126 cm³/mol. The summed E-state index contributed by atoms with van der Waals surface area (Å²) >= 11 is 8.02. The van der Waals surface area contributed by atoms with E-state index >= 15 is 0 Å². The van der Waals surface area contributed by atoms with Crippen molar-refractivity contribution < 1.29 is 24.0 Å². The van der Waals surface area contributed by atoms with Crippen LogP contribution in [0, 0.1) is 10.1 Å². The van der Waals surface area contributed by atoms with Crippen molar-refractivity contribution in [3.05, 3.63) is 75.8 Å². The molecule has 2 aliphatic rings. The van der Waals surface area contributed by atoms with Gasteiger partial charge >= 0.3 is 5.97 Å². The van der Waals surface area contributed by atoms with Crippen molar-refractivity contribution >= 4 is 46.8 Å². The van der Waals surface area contributed by atoms with Crippen LogP contribution in [-0.4, -0.2) is 55.7 Å². The van der Waals surface area contributed by atoms with Gasteiger partial charge in [-0.25, -0.2) is 4.79 Å². The topological polar surface area (TPSA) is 119 Å². The Morgan fingerprint density at radius 2 is 1.88 bits per heavy atom. The quantitative estimate of drug-likeness (QED) is 0.203. The highest BCUT2D eigenvalue weighted by atomic mass is 35.5. The van der Waals surface area contributed by atoms with Crippen LogP contribution < -0.4 is 5.32 Å². The summed E-state index contributed by atoms with van der Waals surface area (Å²) in [4.78, 5) is 48.9. The fraction of sp³-hybridized carbons (Fsp3) is 0.348. The fourth-order valence-electron chi connectivity index (χ4n) is 4.00. The number of amides is 2. The summed E-state index contributed by atoms with van der Waals surface area (Å²) in [5.74, 6) is -0.946. The number of thioether (sulfide) groups is 1. The van der Waals surface area contributed by atoms with E-state index in [-0.39, 0.29) is 30.5 Å². The number of carbonyl (C=O) groups excluding carboxylic acids is 3. The number of hydrogen-bond donors (Lipinski definition) is 1. The maximum absolute atomic E-state index is 13.0. The van der Waals surface area contributed by atoms with Crippen LogP contribution in [0.25, 0.3) is 0 Å². The number of nitro benzene ring substituents is 1. The molecule has 0 spiro atoms. The number of benzene rings is 2. The van der Waals surface area contributed by atoms with Crippen molar-refractivity contribution in [3.63, 3.8) is 0 Å². The molecule has 0 saturated carbocycles. The van der Waals surface area contributed by atoms with E-state index in [0.717, 1.165) is 5.56 Å². The Morgan fingerprint density at radius 3 is 2.53 bits per heavy atom. The number of carbonyl (C=O) groups is 3. The monoisotopic (exact) mass is 503 g/mol. The zero-order chi connectivity index (χ0) is 24.5. The first-order valence-electron chi connectivity index (χ1n) is 10.5. The molecule has 0 aromatic heterocycles. The maximum Gasteiger partial charge on any atom is 0.331 e. The lowest BCUT2D eigenvalue weighted by molar-refractivity contribution is -0.384. The van der Waals surface area contributed by atoms with Gasteiger partial charge in [0.15, 0.2) is 6.04 Å². The van der Waals surface area contributed by atoms with Crippen molar-refractivity contribution in [1.82, 2.24) is 10.2 Å². The van der Waals surface area contributed by atoms with Crippen LogP contribution in [0.1, 0.15) is 18.1 Å². The average molecular weight is 504 g/mol. The van der Waals surface area contributed by atoms with E-state index in [9.17, 15) is 24.5 Å². The van der Waals surface area contributed by atoms with Crippen LogP contribution >= 0.6 is 23.4 Å². The molecular weight excluding hydrogens is 482 g/mol. The molecule has 0 aliphatic carbocycles. The molecule has 11 heteroatoms. The first-order valence-corrected chi connectivity index (χ1v) is 12.0. The summed E-state index contributed by atoms with van der Waals surface area (Å²) in [5, 5.41) is 13.1. The Bertz CT molecular complexity index is 1110. The van der Waals surface area contributed by atoms with Gasteiger partial charge in [-0.2, -0.15) is 0 Å². The second-order valence-electron chi connectivity index (χ2n) is 8.37. The Kier molecular flexibility index (Phi) is 6.81. The van der Waals surface area contributed by atoms with Gasteiger partial charge in [-0.1, -0.05) is 30.3 Å². The largest absolute Gasteiger partial charge is 0.459 e. The minimum absolute atomic E-state index is 0.0675. The van der Waals surface area contributed by atoms with E-state index in [0.29, 0.717) is 11.3 Å². The summed E-state index contributed by atoms with van der Waals surface area (Å²) in [6.07, 6.45) is 0.149. The number of ether oxygens (including phenoxy) is 1. The third kappa shape index (κ3) is 4.88. The van der Waals surface area contributed by atoms with Crippen LogP contribution in [0.3, 0.4) is 0 Å². The summed E-state index contributed by atoms with van der Waals surface area (Å²) in [7, 11) is 0. The summed E-state index contributed by atoms with van der Waals surface area (Å²) in [5.41, 5.74) is 1.33. The van der Waals surface area contributed by atoms with Crippen LogP contribution in [0.5, 0.6) is 0 Å². The lowest BCUT2D eigenvalue weighted by atomic mass is 9.94. The fourth-order valence-corrected chi connectivity index (χ4v) is 5.80. The highest BCUT2D eigenvalue weighted by molar-refractivity contribution is 8.00. The van der Waals surface area contributed by atoms with Crippen LogP contribution in [0.15, 0.2) is 54.6 Å². The van der Waals surface area contributed by atoms with Gasteiger partial charge in [0.1, 0.15) is 18.0 Å². The highest BCUT2D eigenvalue weighted by Crippen LogP contribution is 2.45. The molecular formula is C23H22ClN3O6S. The van der Waals surface area contributed by atoms with Crippen molar-refractivity contribution in [2.45, 2.75) is 42.3 Å². The van der Waals surface area contributed by atoms with E-state index < -0.39 is 33.2 Å². The number of esters is 1. The van der Waals surface area contributed by atoms with E-state index in [1.54, 1.807) is 6.92 Å². The predicted octanol–water partition coefficient (Wildman–Crippen LogP) is 2.65. The number of hydrogen-bond acceptors (Lipinski definition) is 7. The van der Waals surface area contributed by atoms with Gasteiger partial charge < -0.3 is 15.0 Å². The van der Waals surface area contributed by atoms with Gasteiger partial charge in [0.25, 0.3) is 5.69 Å². The van der Waals surface area contributed by atoms with Crippen LogP contribution in [0.4, 0.5) is 5.69 Å². The maximum atomic E-state index is 13.0. The SMILES string of the molecule is C[C@@]1(Cl)CS[C@H]2[C@H](NC(=O)Cc3ccccc3)C(=O)N2[C@H]1C(=O)OCc1ccc([N+](=O)[O-])cc1. The van der Waals surface area contributed by atoms with Gasteiger partial charge in [-0.15, -0.1) is 23.4 Å². The molecule has 2 saturated heterocycles. The Balaban J connectivity index is 1.39. The molecule has 0 radical (unpaired) electrons. The van der Waals surface area contributed by atoms with Crippen LogP contribution in [-0.2, 0) is 32.1 Å². The van der Waals surface area contributed by atoms with Crippen molar-refractivity contribution in [2.24, 2.45) is 0 Å². The third-order valence-corrected chi connectivity index (χ3v) is 7.85. The molecule has 178 valence electrons. The van der Waals surface area contributed by atoms with Gasteiger partial charge in [0.05, 0.1) is 16.2 Å². The normalized spacial score (nSPS) is 25.6. The Morgan fingerprint density at radius 1 is 1.21 bits per heavy atom. The summed E-state index contributed by atoms with van der Waals surface area (Å²) in [6.45, 7) is 1.56. The summed E-state index contributed by atoms with van der Waals surface area (Å²) in [6, 6.07) is 13.1. The smallest absolute Gasteiger partial charge is 0.331 e. The second kappa shape index (κ2) is 9.63. The van der Waals surface area contributed by atoms with Gasteiger partial charge in [-0.3, -0.25) is 19.7 Å². The van der Waals surface area contributed by atoms with E-state index in [2.05, 4.69) is 5.32 Å². The van der Waals surface area contributed by atoms with Gasteiger partial charge in [-0.05, 0) is 30.2 Å². The number of alkyl halides is 1. The van der Waals surface area contributed by atoms with Crippen molar-refractivity contribution in [2.75, 3.05) is 5.75 Å². The lowest BCUT2D eigenvalue weighted by Crippen LogP contribution is -2.78. The molecule has 9 nitrogen and oxygen atoms in total. The first-order chi connectivity index (χ1) is 16.2. The molecule has 2 aromatic carbocycles. The standard InChI is InChI=1S/C23H22ClN3O6S/c1-23(24)13-34-21-18(25-17(28)11-14-5-3-2-4-6-14)20(29)26(21)19(23)22(30)33-12-15-7-9-16(10-8-15)27(31)32/h2-10,18-19,21H,11-13H2,1H3,(H,25,28)/t18-,19+,21+,23-/m1/s1. The lowest BCUT2D eigenvalue weighted by Gasteiger charge is -2.56. The van der Waals surface area contributed by atoms with E-state index in [1.165, 1.54) is 40.9 Å². The zero-order valence-electron chi connectivity index (χ0n) is 18.2. The molecule has 2 aromatic rings. The van der Waals surface area contributed by atoms with E-state index in [4.69, 9.17) is 16.3 Å². The van der Waals surface area contributed by atoms with Crippen LogP contribution in [0.2, 0.25) is 0 Å². The number of nitro groups is 1. The number of nitrogens with one attached hydrogen (secondary N) is 1. The minimum Gasteiger partial charge on any atom is -0.459 e. The molecule has 0 unspecified atom stereocenters. The molecule has 2 aliphatic heterocycles. The number of non-ortho nitro benzene ring substituents is 1. The second-order valence-corrected chi connectivity index (χ2v) is 10.3.